The molecule has 0 fully saturated rings. The number of nitrogens with one attached hydrogen (secondary N) is 1. The van der Waals surface area contributed by atoms with Gasteiger partial charge in [0.15, 0.2) is 11.5 Å². The minimum atomic E-state index is -0.281. The number of fused-ring (bicyclic) bond motifs is 1. The third kappa shape index (κ3) is 2.53. The molecule has 0 bridgehead atoms. The number of carbonyl (C=O) groups is 1. The first-order chi connectivity index (χ1) is 9.74. The molecule has 1 aliphatic rings. The summed E-state index contributed by atoms with van der Waals surface area (Å²) in [6, 6.07) is 6.67. The molecule has 0 saturated heterocycles. The van der Waals surface area contributed by atoms with Crippen LogP contribution in [0.2, 0.25) is 5.02 Å². The van der Waals surface area contributed by atoms with E-state index in [-0.39, 0.29) is 5.91 Å². The second-order valence-corrected chi connectivity index (χ2v) is 4.59. The molecular weight excluding hydrogens is 280 g/mol. The normalized spacial score (nSPS) is 12.8. The molecule has 2 aromatic rings. The van der Waals surface area contributed by atoms with Crippen molar-refractivity contribution in [1.29, 1.82) is 0 Å². The Kier molecular flexibility index (Phi) is 3.43. The summed E-state index contributed by atoms with van der Waals surface area (Å²) < 4.78 is 10.9. The number of anilines is 1. The summed E-state index contributed by atoms with van der Waals surface area (Å²) in [5, 5.41) is 3.10. The predicted octanol–water partition coefficient (Wildman–Crippen LogP) is 2.76. The van der Waals surface area contributed by atoms with Gasteiger partial charge in [0, 0.05) is 11.8 Å². The average Bonchev–Trinajstić information content (AvgIpc) is 2.48. The summed E-state index contributed by atoms with van der Waals surface area (Å²) in [4.78, 5) is 16.1. The molecule has 5 nitrogen and oxygen atoms in total. The molecule has 0 atom stereocenters. The topological polar surface area (TPSA) is 60.5 Å². The van der Waals surface area contributed by atoms with Gasteiger partial charge in [0.25, 0.3) is 5.91 Å². The zero-order chi connectivity index (χ0) is 13.9. The molecule has 1 N–H and O–H groups in total. The van der Waals surface area contributed by atoms with Crippen LogP contribution in [-0.2, 0) is 0 Å². The highest BCUT2D eigenvalue weighted by Gasteiger charge is 2.19. The Hall–Kier alpha value is -2.27. The average molecular weight is 291 g/mol. The number of halogens is 1. The highest BCUT2D eigenvalue weighted by Crippen LogP contribution is 2.38. The van der Waals surface area contributed by atoms with Gasteiger partial charge in [-0.15, -0.1) is 0 Å². The highest BCUT2D eigenvalue weighted by atomic mass is 35.5. The van der Waals surface area contributed by atoms with E-state index >= 15 is 0 Å². The van der Waals surface area contributed by atoms with Crippen molar-refractivity contribution in [3.63, 3.8) is 0 Å². The van der Waals surface area contributed by atoms with Gasteiger partial charge in [-0.25, -0.2) is 0 Å². The maximum Gasteiger partial charge on any atom is 0.255 e. The third-order valence-electron chi connectivity index (χ3n) is 2.78. The van der Waals surface area contributed by atoms with Gasteiger partial charge in [-0.2, -0.15) is 0 Å². The molecule has 6 heteroatoms. The molecular formula is C14H11ClN2O3. The van der Waals surface area contributed by atoms with Crippen LogP contribution < -0.4 is 14.8 Å². The van der Waals surface area contributed by atoms with Gasteiger partial charge in [0.1, 0.15) is 13.2 Å². The van der Waals surface area contributed by atoms with E-state index in [0.29, 0.717) is 41.0 Å². The number of pyridine rings is 1. The second kappa shape index (κ2) is 5.38. The van der Waals surface area contributed by atoms with Crippen molar-refractivity contribution in [3.05, 3.63) is 47.2 Å². The smallest absolute Gasteiger partial charge is 0.255 e. The second-order valence-electron chi connectivity index (χ2n) is 4.18. The van der Waals surface area contributed by atoms with Gasteiger partial charge in [-0.05, 0) is 24.3 Å². The number of amides is 1. The SMILES string of the molecule is O=C(Nc1cccnc1)c1cc(Cl)c2c(c1)OCCO2. The van der Waals surface area contributed by atoms with Crippen LogP contribution in [-0.4, -0.2) is 24.1 Å². The lowest BCUT2D eigenvalue weighted by Gasteiger charge is -2.20. The largest absolute Gasteiger partial charge is 0.486 e. The Bertz CT molecular complexity index is 646. The van der Waals surface area contributed by atoms with Crippen LogP contribution in [0, 0.1) is 0 Å². The molecule has 0 saturated carbocycles. The number of hydrogen-bond donors (Lipinski definition) is 1. The fraction of sp³-hybridized carbons (Fsp3) is 0.143. The minimum Gasteiger partial charge on any atom is -0.486 e. The predicted molar refractivity (Wildman–Crippen MR) is 74.6 cm³/mol. The van der Waals surface area contributed by atoms with Crippen LogP contribution >= 0.6 is 11.6 Å². The molecule has 0 radical (unpaired) electrons. The molecule has 0 aliphatic carbocycles. The summed E-state index contributed by atoms with van der Waals surface area (Å²) >= 11 is 6.10. The van der Waals surface area contributed by atoms with Crippen LogP contribution in [0.15, 0.2) is 36.7 Å². The van der Waals surface area contributed by atoms with Gasteiger partial charge in [-0.1, -0.05) is 11.6 Å². The summed E-state index contributed by atoms with van der Waals surface area (Å²) in [6.45, 7) is 0.894. The minimum absolute atomic E-state index is 0.281. The van der Waals surface area contributed by atoms with E-state index in [1.807, 2.05) is 0 Å². The molecule has 1 aromatic heterocycles. The Balaban J connectivity index is 1.87. The summed E-state index contributed by atoms with van der Waals surface area (Å²) in [5.74, 6) is 0.688. The number of aromatic nitrogens is 1. The molecule has 102 valence electrons. The maximum absolute atomic E-state index is 12.2. The molecule has 1 aromatic carbocycles. The number of carbonyl (C=O) groups excluding carboxylic acids is 1. The first-order valence-electron chi connectivity index (χ1n) is 6.04. The van der Waals surface area contributed by atoms with Crippen LogP contribution in [0.5, 0.6) is 11.5 Å². The number of benzene rings is 1. The van der Waals surface area contributed by atoms with E-state index in [4.69, 9.17) is 21.1 Å². The summed E-state index contributed by atoms with van der Waals surface area (Å²) in [7, 11) is 0. The van der Waals surface area contributed by atoms with E-state index in [0.717, 1.165) is 0 Å². The zero-order valence-corrected chi connectivity index (χ0v) is 11.2. The van der Waals surface area contributed by atoms with Crippen molar-refractivity contribution in [2.75, 3.05) is 18.5 Å². The third-order valence-corrected chi connectivity index (χ3v) is 3.06. The molecule has 1 amide bonds. The van der Waals surface area contributed by atoms with Gasteiger partial charge in [-0.3, -0.25) is 9.78 Å². The van der Waals surface area contributed by atoms with Crippen molar-refractivity contribution < 1.29 is 14.3 Å². The standard InChI is InChI=1S/C14H11ClN2O3/c15-11-6-9(7-12-13(11)20-5-4-19-12)14(18)17-10-2-1-3-16-8-10/h1-3,6-8H,4-5H2,(H,17,18). The Morgan fingerprint density at radius 2 is 2.15 bits per heavy atom. The van der Waals surface area contributed by atoms with E-state index < -0.39 is 0 Å². The lowest BCUT2D eigenvalue weighted by Crippen LogP contribution is -2.17. The van der Waals surface area contributed by atoms with Crippen molar-refractivity contribution in [3.8, 4) is 11.5 Å². The highest BCUT2D eigenvalue weighted by molar-refractivity contribution is 6.32. The first kappa shape index (κ1) is 12.7. The molecule has 20 heavy (non-hydrogen) atoms. The summed E-state index contributed by atoms with van der Waals surface area (Å²) in [6.07, 6.45) is 3.20. The van der Waals surface area contributed by atoms with Crippen LogP contribution in [0.4, 0.5) is 5.69 Å². The monoisotopic (exact) mass is 290 g/mol. The molecule has 0 spiro atoms. The molecule has 3 rings (SSSR count). The van der Waals surface area contributed by atoms with Gasteiger partial charge in [0.2, 0.25) is 0 Å². The van der Waals surface area contributed by atoms with Crippen LogP contribution in [0.3, 0.4) is 0 Å². The van der Waals surface area contributed by atoms with Crippen LogP contribution in [0.25, 0.3) is 0 Å². The van der Waals surface area contributed by atoms with Gasteiger partial charge < -0.3 is 14.8 Å². The van der Waals surface area contributed by atoms with E-state index in [1.165, 1.54) is 0 Å². The van der Waals surface area contributed by atoms with E-state index in [1.54, 1.807) is 36.7 Å². The molecule has 0 unspecified atom stereocenters. The van der Waals surface area contributed by atoms with Crippen molar-refractivity contribution in [1.82, 2.24) is 4.98 Å². The quantitative estimate of drug-likeness (QED) is 0.924. The fourth-order valence-corrected chi connectivity index (χ4v) is 2.15. The summed E-state index contributed by atoms with van der Waals surface area (Å²) in [5.41, 5.74) is 1.02. The number of rotatable bonds is 2. The number of hydrogen-bond acceptors (Lipinski definition) is 4. The van der Waals surface area contributed by atoms with Crippen molar-refractivity contribution in [2.24, 2.45) is 0 Å². The lowest BCUT2D eigenvalue weighted by atomic mass is 10.1. The Morgan fingerprint density at radius 1 is 1.30 bits per heavy atom. The molecule has 1 aliphatic heterocycles. The Labute approximate surface area is 120 Å². The van der Waals surface area contributed by atoms with E-state index in [9.17, 15) is 4.79 Å². The van der Waals surface area contributed by atoms with Crippen molar-refractivity contribution in [2.45, 2.75) is 0 Å². The van der Waals surface area contributed by atoms with Crippen molar-refractivity contribution >= 4 is 23.2 Å². The van der Waals surface area contributed by atoms with Crippen LogP contribution in [0.1, 0.15) is 10.4 Å². The van der Waals surface area contributed by atoms with Gasteiger partial charge in [0.05, 0.1) is 16.9 Å². The maximum atomic E-state index is 12.2. The Morgan fingerprint density at radius 3 is 2.95 bits per heavy atom. The zero-order valence-electron chi connectivity index (χ0n) is 10.4. The van der Waals surface area contributed by atoms with Gasteiger partial charge >= 0.3 is 0 Å². The van der Waals surface area contributed by atoms with E-state index in [2.05, 4.69) is 10.3 Å². The first-order valence-corrected chi connectivity index (χ1v) is 6.42. The number of ether oxygens (including phenoxy) is 2. The number of nitrogens with zero attached hydrogens (tertiary/aromatic N) is 1. The lowest BCUT2D eigenvalue weighted by molar-refractivity contribution is 0.102. The molecule has 2 heterocycles. The fourth-order valence-electron chi connectivity index (χ4n) is 1.88.